The van der Waals surface area contributed by atoms with Gasteiger partial charge in [0.15, 0.2) is 0 Å². The molecule has 0 amide bonds. The molecule has 0 saturated carbocycles. The molecule has 1 rings (SSSR count). The molecular weight excluding hydrogens is 276 g/mol. The minimum atomic E-state index is -3.15. The Morgan fingerprint density at radius 3 is 2.60 bits per heavy atom. The van der Waals surface area contributed by atoms with Crippen LogP contribution in [0.1, 0.15) is 47.0 Å². The van der Waals surface area contributed by atoms with Gasteiger partial charge in [0.2, 0.25) is 10.0 Å². The second-order valence-corrected chi connectivity index (χ2v) is 8.34. The van der Waals surface area contributed by atoms with Crippen molar-refractivity contribution < 1.29 is 13.2 Å². The van der Waals surface area contributed by atoms with Crippen molar-refractivity contribution in [1.82, 2.24) is 9.62 Å². The SMILES string of the molecule is CCCNCCCCS(=O)(=O)N1CC(C)OC(C)(C)C1. The summed E-state index contributed by atoms with van der Waals surface area (Å²) in [5.74, 6) is 0.240. The van der Waals surface area contributed by atoms with Gasteiger partial charge in [-0.3, -0.25) is 0 Å². The highest BCUT2D eigenvalue weighted by Crippen LogP contribution is 2.23. The van der Waals surface area contributed by atoms with Crippen molar-refractivity contribution in [2.45, 2.75) is 58.7 Å². The maximum absolute atomic E-state index is 12.4. The largest absolute Gasteiger partial charge is 0.370 e. The Labute approximate surface area is 124 Å². The van der Waals surface area contributed by atoms with E-state index in [1.54, 1.807) is 4.31 Å². The molecular formula is C14H30N2O3S. The number of nitrogens with one attached hydrogen (secondary N) is 1. The molecule has 1 unspecified atom stereocenters. The molecule has 1 heterocycles. The zero-order valence-corrected chi connectivity index (χ0v) is 14.1. The fourth-order valence-electron chi connectivity index (χ4n) is 2.57. The van der Waals surface area contributed by atoms with E-state index in [1.165, 1.54) is 0 Å². The highest BCUT2D eigenvalue weighted by Gasteiger charge is 2.36. The van der Waals surface area contributed by atoms with Crippen LogP contribution >= 0.6 is 0 Å². The first-order chi connectivity index (χ1) is 9.27. The second-order valence-electron chi connectivity index (χ2n) is 6.25. The van der Waals surface area contributed by atoms with Gasteiger partial charge in [-0.2, -0.15) is 4.31 Å². The molecule has 1 aliphatic rings. The first-order valence-electron chi connectivity index (χ1n) is 7.63. The molecule has 0 aliphatic carbocycles. The lowest BCUT2D eigenvalue weighted by molar-refractivity contribution is -0.109. The van der Waals surface area contributed by atoms with Crippen molar-refractivity contribution in [3.05, 3.63) is 0 Å². The predicted molar refractivity (Wildman–Crippen MR) is 82.4 cm³/mol. The number of unbranched alkanes of at least 4 members (excludes halogenated alkanes) is 1. The molecule has 1 fully saturated rings. The van der Waals surface area contributed by atoms with Crippen LogP contribution in [0.2, 0.25) is 0 Å². The van der Waals surface area contributed by atoms with Gasteiger partial charge in [-0.25, -0.2) is 8.42 Å². The normalized spacial score (nSPS) is 23.9. The van der Waals surface area contributed by atoms with Crippen LogP contribution in [0.4, 0.5) is 0 Å². The molecule has 0 aromatic rings. The summed E-state index contributed by atoms with van der Waals surface area (Å²) in [6.07, 6.45) is 2.69. The van der Waals surface area contributed by atoms with Crippen LogP contribution in [-0.4, -0.2) is 56.4 Å². The van der Waals surface area contributed by atoms with Crippen LogP contribution in [0.3, 0.4) is 0 Å². The third kappa shape index (κ3) is 6.08. The molecule has 6 heteroatoms. The molecule has 1 saturated heterocycles. The third-order valence-corrected chi connectivity index (χ3v) is 5.23. The van der Waals surface area contributed by atoms with Crippen molar-refractivity contribution in [2.24, 2.45) is 0 Å². The Morgan fingerprint density at radius 1 is 1.30 bits per heavy atom. The van der Waals surface area contributed by atoms with Gasteiger partial charge < -0.3 is 10.1 Å². The van der Waals surface area contributed by atoms with Gasteiger partial charge in [0.1, 0.15) is 0 Å². The molecule has 0 radical (unpaired) electrons. The van der Waals surface area contributed by atoms with Crippen LogP contribution in [0.15, 0.2) is 0 Å². The molecule has 5 nitrogen and oxygen atoms in total. The lowest BCUT2D eigenvalue weighted by atomic mass is 10.1. The van der Waals surface area contributed by atoms with Gasteiger partial charge in [0.25, 0.3) is 0 Å². The molecule has 120 valence electrons. The van der Waals surface area contributed by atoms with Crippen LogP contribution in [0, 0.1) is 0 Å². The summed E-state index contributed by atoms with van der Waals surface area (Å²) >= 11 is 0. The molecule has 1 N–H and O–H groups in total. The van der Waals surface area contributed by atoms with E-state index in [9.17, 15) is 8.42 Å². The topological polar surface area (TPSA) is 58.6 Å². The molecule has 0 bridgehead atoms. The fraction of sp³-hybridized carbons (Fsp3) is 1.00. The maximum atomic E-state index is 12.4. The molecule has 20 heavy (non-hydrogen) atoms. The van der Waals surface area contributed by atoms with Crippen molar-refractivity contribution in [1.29, 1.82) is 0 Å². The van der Waals surface area contributed by atoms with E-state index in [2.05, 4.69) is 12.2 Å². The number of ether oxygens (including phenoxy) is 1. The lowest BCUT2D eigenvalue weighted by Crippen LogP contribution is -2.54. The van der Waals surface area contributed by atoms with Crippen molar-refractivity contribution >= 4 is 10.0 Å². The monoisotopic (exact) mass is 306 g/mol. The zero-order chi connectivity index (χ0) is 15.2. The van der Waals surface area contributed by atoms with E-state index in [-0.39, 0.29) is 11.9 Å². The number of sulfonamides is 1. The molecule has 1 aliphatic heterocycles. The first-order valence-corrected chi connectivity index (χ1v) is 9.24. The van der Waals surface area contributed by atoms with E-state index >= 15 is 0 Å². The van der Waals surface area contributed by atoms with Crippen molar-refractivity contribution in [2.75, 3.05) is 31.9 Å². The Hall–Kier alpha value is -0.170. The van der Waals surface area contributed by atoms with Crippen LogP contribution in [0.5, 0.6) is 0 Å². The third-order valence-electron chi connectivity index (χ3n) is 3.36. The minimum Gasteiger partial charge on any atom is -0.370 e. The molecule has 1 atom stereocenters. The smallest absolute Gasteiger partial charge is 0.214 e. The van der Waals surface area contributed by atoms with Gasteiger partial charge in [0.05, 0.1) is 17.5 Å². The van der Waals surface area contributed by atoms with E-state index < -0.39 is 15.6 Å². The summed E-state index contributed by atoms with van der Waals surface area (Å²) in [7, 11) is -3.15. The Morgan fingerprint density at radius 2 is 2.00 bits per heavy atom. The summed E-state index contributed by atoms with van der Waals surface area (Å²) in [6, 6.07) is 0. The van der Waals surface area contributed by atoms with Crippen LogP contribution < -0.4 is 5.32 Å². The van der Waals surface area contributed by atoms with Gasteiger partial charge >= 0.3 is 0 Å². The maximum Gasteiger partial charge on any atom is 0.214 e. The average Bonchev–Trinajstić information content (AvgIpc) is 2.31. The summed E-state index contributed by atoms with van der Waals surface area (Å²) in [5.41, 5.74) is -0.395. The summed E-state index contributed by atoms with van der Waals surface area (Å²) in [4.78, 5) is 0. The predicted octanol–water partition coefficient (Wildman–Crippen LogP) is 1.60. The fourth-order valence-corrected chi connectivity index (χ4v) is 4.34. The minimum absolute atomic E-state index is 0.0419. The second kappa shape index (κ2) is 7.73. The summed E-state index contributed by atoms with van der Waals surface area (Å²) < 4.78 is 32.1. The Balaban J connectivity index is 2.40. The number of hydrogen-bond acceptors (Lipinski definition) is 4. The lowest BCUT2D eigenvalue weighted by Gasteiger charge is -2.40. The molecule has 0 aromatic heterocycles. The first kappa shape index (κ1) is 17.9. The number of rotatable bonds is 8. The van der Waals surface area contributed by atoms with Gasteiger partial charge in [0, 0.05) is 13.1 Å². The van der Waals surface area contributed by atoms with E-state index in [1.807, 2.05) is 20.8 Å². The average molecular weight is 306 g/mol. The molecule has 0 spiro atoms. The van der Waals surface area contributed by atoms with Gasteiger partial charge in [-0.1, -0.05) is 6.92 Å². The quantitative estimate of drug-likeness (QED) is 0.692. The highest BCUT2D eigenvalue weighted by atomic mass is 32.2. The van der Waals surface area contributed by atoms with Crippen molar-refractivity contribution in [3.63, 3.8) is 0 Å². The Bertz CT molecular complexity index is 382. The van der Waals surface area contributed by atoms with Crippen LogP contribution in [-0.2, 0) is 14.8 Å². The summed E-state index contributed by atoms with van der Waals surface area (Å²) in [6.45, 7) is 10.8. The van der Waals surface area contributed by atoms with E-state index in [0.29, 0.717) is 19.5 Å². The van der Waals surface area contributed by atoms with E-state index in [0.717, 1.165) is 25.9 Å². The molecule has 0 aromatic carbocycles. The standard InChI is InChI=1S/C14H30N2O3S/c1-5-8-15-9-6-7-10-20(17,18)16-11-13(2)19-14(3,4)12-16/h13,15H,5-12H2,1-4H3. The highest BCUT2D eigenvalue weighted by molar-refractivity contribution is 7.89. The van der Waals surface area contributed by atoms with Gasteiger partial charge in [-0.15, -0.1) is 0 Å². The Kier molecular flexibility index (Phi) is 6.91. The van der Waals surface area contributed by atoms with E-state index in [4.69, 9.17) is 4.74 Å². The van der Waals surface area contributed by atoms with Crippen molar-refractivity contribution in [3.8, 4) is 0 Å². The number of morpholine rings is 1. The number of nitrogens with zero attached hydrogens (tertiary/aromatic N) is 1. The zero-order valence-electron chi connectivity index (χ0n) is 13.3. The van der Waals surface area contributed by atoms with Crippen LogP contribution in [0.25, 0.3) is 0 Å². The van der Waals surface area contributed by atoms with Gasteiger partial charge in [-0.05, 0) is 53.1 Å². The number of hydrogen-bond donors (Lipinski definition) is 1. The summed E-state index contributed by atoms with van der Waals surface area (Å²) in [5, 5.41) is 3.29.